The quantitative estimate of drug-likeness (QED) is 0.457. The maximum atomic E-state index is 13.5. The number of amides is 1. The zero-order chi connectivity index (χ0) is 22.9. The van der Waals surface area contributed by atoms with Crippen LogP contribution in [0.5, 0.6) is 11.5 Å². The average Bonchev–Trinajstić information content (AvgIpc) is 3.40. The molecule has 1 aromatic heterocycles. The van der Waals surface area contributed by atoms with Crippen molar-refractivity contribution in [2.45, 2.75) is 12.6 Å². The highest BCUT2D eigenvalue weighted by molar-refractivity contribution is 6.00. The molecule has 4 aromatic rings. The van der Waals surface area contributed by atoms with Crippen molar-refractivity contribution in [3.05, 3.63) is 101 Å². The van der Waals surface area contributed by atoms with E-state index in [4.69, 9.17) is 9.47 Å². The van der Waals surface area contributed by atoms with Gasteiger partial charge in [0.15, 0.2) is 0 Å². The van der Waals surface area contributed by atoms with Crippen LogP contribution in [0.15, 0.2) is 72.8 Å². The molecule has 1 aliphatic heterocycles. The highest BCUT2D eigenvalue weighted by Crippen LogP contribution is 2.46. The summed E-state index contributed by atoms with van der Waals surface area (Å²) in [6.45, 7) is 0.301. The lowest BCUT2D eigenvalue weighted by atomic mass is 9.95. The Labute approximate surface area is 190 Å². The number of H-pyrrole nitrogens is 1. The topological polar surface area (TPSA) is 67.5 Å². The van der Waals surface area contributed by atoms with Gasteiger partial charge in [0.2, 0.25) is 0 Å². The molecule has 5 rings (SSSR count). The molecule has 0 bridgehead atoms. The van der Waals surface area contributed by atoms with Crippen molar-refractivity contribution in [2.24, 2.45) is 0 Å². The van der Waals surface area contributed by atoms with Crippen molar-refractivity contribution in [3.63, 3.8) is 0 Å². The first-order chi connectivity index (χ1) is 16.1. The molecule has 0 fully saturated rings. The Hall–Kier alpha value is -4.13. The highest BCUT2D eigenvalue weighted by atomic mass is 19.1. The Kier molecular flexibility index (Phi) is 5.30. The summed E-state index contributed by atoms with van der Waals surface area (Å²) >= 11 is 0. The van der Waals surface area contributed by atoms with Gasteiger partial charge in [-0.15, -0.1) is 0 Å². The van der Waals surface area contributed by atoms with Gasteiger partial charge < -0.3 is 14.4 Å². The zero-order valence-electron chi connectivity index (χ0n) is 18.2. The van der Waals surface area contributed by atoms with E-state index in [1.165, 1.54) is 12.1 Å². The molecule has 2 heterocycles. The van der Waals surface area contributed by atoms with E-state index in [1.807, 2.05) is 42.5 Å². The summed E-state index contributed by atoms with van der Waals surface area (Å²) in [6, 6.07) is 21.0. The van der Waals surface area contributed by atoms with Gasteiger partial charge in [0.1, 0.15) is 23.0 Å². The number of nitrogens with one attached hydrogen (secondary N) is 1. The van der Waals surface area contributed by atoms with Gasteiger partial charge in [-0.3, -0.25) is 9.89 Å². The van der Waals surface area contributed by atoms with Gasteiger partial charge in [-0.2, -0.15) is 5.10 Å². The number of rotatable bonds is 6. The third-order valence-electron chi connectivity index (χ3n) is 5.91. The van der Waals surface area contributed by atoms with Crippen LogP contribution in [0.25, 0.3) is 11.3 Å². The third-order valence-corrected chi connectivity index (χ3v) is 5.91. The molecule has 0 saturated heterocycles. The molecule has 0 spiro atoms. The molecule has 1 atom stereocenters. The second-order valence-corrected chi connectivity index (χ2v) is 7.80. The molecule has 7 heteroatoms. The second-order valence-electron chi connectivity index (χ2n) is 7.80. The van der Waals surface area contributed by atoms with E-state index in [9.17, 15) is 9.18 Å². The van der Waals surface area contributed by atoms with E-state index in [0.29, 0.717) is 29.4 Å². The summed E-state index contributed by atoms with van der Waals surface area (Å²) in [5.74, 6) is 0.762. The van der Waals surface area contributed by atoms with Gasteiger partial charge in [0.25, 0.3) is 5.91 Å². The van der Waals surface area contributed by atoms with Crippen LogP contribution in [-0.4, -0.2) is 35.2 Å². The molecule has 1 amide bonds. The van der Waals surface area contributed by atoms with E-state index in [0.717, 1.165) is 22.3 Å². The molecule has 0 aliphatic carbocycles. The van der Waals surface area contributed by atoms with E-state index in [2.05, 4.69) is 10.2 Å². The van der Waals surface area contributed by atoms with E-state index in [1.54, 1.807) is 37.3 Å². The molecule has 33 heavy (non-hydrogen) atoms. The molecule has 0 radical (unpaired) electrons. The number of ether oxygens (including phenoxy) is 2. The molecule has 1 aliphatic rings. The molecular weight excluding hydrogens is 421 g/mol. The fraction of sp³-hybridized carbons (Fsp3) is 0.154. The molecule has 1 unspecified atom stereocenters. The number of fused-ring (bicyclic) bond motifs is 1. The summed E-state index contributed by atoms with van der Waals surface area (Å²) < 4.78 is 24.5. The fourth-order valence-electron chi connectivity index (χ4n) is 4.33. The van der Waals surface area contributed by atoms with Crippen molar-refractivity contribution < 1.29 is 18.7 Å². The Balaban J connectivity index is 1.67. The number of carbonyl (C=O) groups is 1. The lowest BCUT2D eigenvalue weighted by Gasteiger charge is -2.28. The largest absolute Gasteiger partial charge is 0.497 e. The lowest BCUT2D eigenvalue weighted by molar-refractivity contribution is 0.0728. The normalized spacial score (nSPS) is 14.9. The number of aromatic amines is 1. The summed E-state index contributed by atoms with van der Waals surface area (Å²) in [5.41, 5.74) is 4.48. The maximum Gasteiger partial charge on any atom is 0.273 e. The van der Waals surface area contributed by atoms with Crippen LogP contribution in [0.4, 0.5) is 4.39 Å². The number of aromatic nitrogens is 2. The Morgan fingerprint density at radius 3 is 2.45 bits per heavy atom. The summed E-state index contributed by atoms with van der Waals surface area (Å²) in [4.78, 5) is 15.3. The van der Waals surface area contributed by atoms with Gasteiger partial charge in [-0.1, -0.05) is 42.5 Å². The van der Waals surface area contributed by atoms with Crippen LogP contribution in [0, 0.1) is 5.82 Å². The summed E-state index contributed by atoms with van der Waals surface area (Å²) in [6.07, 6.45) is 0. The van der Waals surface area contributed by atoms with Crippen molar-refractivity contribution in [3.8, 4) is 22.8 Å². The van der Waals surface area contributed by atoms with E-state index < -0.39 is 6.04 Å². The first-order valence-electron chi connectivity index (χ1n) is 10.5. The molecule has 1 N–H and O–H groups in total. The Bertz CT molecular complexity index is 1300. The number of halogens is 1. The van der Waals surface area contributed by atoms with Crippen molar-refractivity contribution in [1.29, 1.82) is 0 Å². The minimum absolute atomic E-state index is 0.174. The third kappa shape index (κ3) is 3.61. The van der Waals surface area contributed by atoms with Crippen molar-refractivity contribution in [2.75, 3.05) is 14.2 Å². The lowest BCUT2D eigenvalue weighted by Crippen LogP contribution is -2.29. The first-order valence-corrected chi connectivity index (χ1v) is 10.5. The number of hydrogen-bond donors (Lipinski definition) is 1. The Morgan fingerprint density at radius 1 is 1.00 bits per heavy atom. The highest BCUT2D eigenvalue weighted by Gasteiger charge is 2.43. The van der Waals surface area contributed by atoms with E-state index >= 15 is 0 Å². The number of carbonyl (C=O) groups excluding carboxylic acids is 1. The molecular formula is C26H22FN3O3. The fourth-order valence-corrected chi connectivity index (χ4v) is 4.33. The van der Waals surface area contributed by atoms with Gasteiger partial charge in [0, 0.05) is 29.3 Å². The van der Waals surface area contributed by atoms with Gasteiger partial charge in [-0.05, 0) is 29.8 Å². The summed E-state index contributed by atoms with van der Waals surface area (Å²) in [7, 11) is 3.18. The van der Waals surface area contributed by atoms with E-state index in [-0.39, 0.29) is 11.7 Å². The van der Waals surface area contributed by atoms with Gasteiger partial charge in [0.05, 0.1) is 26.0 Å². The van der Waals surface area contributed by atoms with Crippen LogP contribution in [0.2, 0.25) is 0 Å². The minimum atomic E-state index is -0.452. The van der Waals surface area contributed by atoms with Gasteiger partial charge in [-0.25, -0.2) is 4.39 Å². The van der Waals surface area contributed by atoms with Crippen LogP contribution >= 0.6 is 0 Å². The number of hydrogen-bond acceptors (Lipinski definition) is 4. The van der Waals surface area contributed by atoms with Crippen LogP contribution < -0.4 is 9.47 Å². The number of nitrogens with zero attached hydrogens (tertiary/aromatic N) is 2. The average molecular weight is 443 g/mol. The SMILES string of the molecule is COc1ccc(C2c3c(-c4ccccc4)n[nH]c3C(=O)N2Cc2ccc(F)cc2)c(OC)c1. The smallest absolute Gasteiger partial charge is 0.273 e. The monoisotopic (exact) mass is 443 g/mol. The van der Waals surface area contributed by atoms with Crippen LogP contribution in [-0.2, 0) is 6.54 Å². The first kappa shape index (κ1) is 20.8. The second kappa shape index (κ2) is 8.43. The molecule has 0 saturated carbocycles. The number of methoxy groups -OCH3 is 2. The van der Waals surface area contributed by atoms with Crippen LogP contribution in [0.1, 0.15) is 33.2 Å². The molecule has 166 valence electrons. The molecule has 3 aromatic carbocycles. The van der Waals surface area contributed by atoms with Crippen molar-refractivity contribution >= 4 is 5.91 Å². The standard InChI is InChI=1S/C26H22FN3O3/c1-32-19-12-13-20(21(14-19)33-2)25-22-23(17-6-4-3-5-7-17)28-29-24(22)26(31)30(25)15-16-8-10-18(27)11-9-16/h3-14,25H,15H2,1-2H3,(H,28,29). The predicted octanol–water partition coefficient (Wildman–Crippen LogP) is 4.98. The zero-order valence-corrected chi connectivity index (χ0v) is 18.2. The molecule has 6 nitrogen and oxygen atoms in total. The van der Waals surface area contributed by atoms with Crippen molar-refractivity contribution in [1.82, 2.24) is 15.1 Å². The predicted molar refractivity (Wildman–Crippen MR) is 122 cm³/mol. The summed E-state index contributed by atoms with van der Waals surface area (Å²) in [5, 5.41) is 7.44. The Morgan fingerprint density at radius 2 is 1.76 bits per heavy atom. The number of benzene rings is 3. The maximum absolute atomic E-state index is 13.5. The van der Waals surface area contributed by atoms with Crippen LogP contribution in [0.3, 0.4) is 0 Å². The minimum Gasteiger partial charge on any atom is -0.497 e. The van der Waals surface area contributed by atoms with Gasteiger partial charge >= 0.3 is 0 Å².